The van der Waals surface area contributed by atoms with Gasteiger partial charge in [-0.3, -0.25) is 9.59 Å². The molecule has 1 heterocycles. The molecule has 2 aromatic carbocycles. The Hall–Kier alpha value is -3.48. The van der Waals surface area contributed by atoms with Crippen molar-refractivity contribution in [2.75, 3.05) is 27.3 Å². The molecule has 0 atom stereocenters. The number of ether oxygens (including phenoxy) is 2. The summed E-state index contributed by atoms with van der Waals surface area (Å²) in [5, 5.41) is 6.58. The summed E-state index contributed by atoms with van der Waals surface area (Å²) in [7, 11) is 5.03. The number of hydrogen-bond donors (Lipinski definition) is 2. The Bertz CT molecular complexity index is 1030. The number of aromatic nitrogens is 1. The van der Waals surface area contributed by atoms with Crippen LogP contribution in [0.1, 0.15) is 15.9 Å². The van der Waals surface area contributed by atoms with E-state index in [0.717, 1.165) is 16.5 Å². The summed E-state index contributed by atoms with van der Waals surface area (Å²) in [5.74, 6) is 0.917. The van der Waals surface area contributed by atoms with Gasteiger partial charge in [-0.2, -0.15) is 0 Å². The second kappa shape index (κ2) is 9.14. The highest BCUT2D eigenvalue weighted by Crippen LogP contribution is 2.27. The summed E-state index contributed by atoms with van der Waals surface area (Å²) in [6.45, 7) is 0.697. The van der Waals surface area contributed by atoms with Gasteiger partial charge in [-0.15, -0.1) is 0 Å². The quantitative estimate of drug-likeness (QED) is 0.574. The molecule has 29 heavy (non-hydrogen) atoms. The van der Waals surface area contributed by atoms with E-state index in [1.165, 1.54) is 0 Å². The molecule has 0 unspecified atom stereocenters. The third-order valence-electron chi connectivity index (χ3n) is 4.69. The third kappa shape index (κ3) is 4.68. The standard InChI is InChI=1S/C22H25N3O4/c1-25-14-17(16-6-4-5-7-18(16)25)22(27)24-11-10-23-21(26)13-15-8-9-19(28-2)20(12-15)29-3/h4-9,12,14H,10-11,13H2,1-3H3,(H,23,26)(H,24,27). The number of hydrogen-bond acceptors (Lipinski definition) is 4. The largest absolute Gasteiger partial charge is 0.493 e. The number of para-hydroxylation sites is 1. The topological polar surface area (TPSA) is 81.6 Å². The van der Waals surface area contributed by atoms with Crippen LogP contribution in [0.2, 0.25) is 0 Å². The van der Waals surface area contributed by atoms with Gasteiger partial charge in [0.05, 0.1) is 26.2 Å². The molecule has 0 saturated carbocycles. The van der Waals surface area contributed by atoms with Gasteiger partial charge in [0, 0.05) is 37.2 Å². The number of methoxy groups -OCH3 is 2. The molecule has 3 rings (SSSR count). The van der Waals surface area contributed by atoms with Gasteiger partial charge in [0.25, 0.3) is 5.91 Å². The van der Waals surface area contributed by atoms with Gasteiger partial charge in [-0.25, -0.2) is 0 Å². The molecule has 7 heteroatoms. The van der Waals surface area contributed by atoms with Gasteiger partial charge in [-0.05, 0) is 23.8 Å². The monoisotopic (exact) mass is 395 g/mol. The summed E-state index contributed by atoms with van der Waals surface area (Å²) < 4.78 is 12.4. The minimum Gasteiger partial charge on any atom is -0.493 e. The number of nitrogens with one attached hydrogen (secondary N) is 2. The molecular weight excluding hydrogens is 370 g/mol. The van der Waals surface area contributed by atoms with Crippen molar-refractivity contribution < 1.29 is 19.1 Å². The Morgan fingerprint density at radius 3 is 2.45 bits per heavy atom. The lowest BCUT2D eigenvalue weighted by atomic mass is 10.1. The van der Waals surface area contributed by atoms with Crippen LogP contribution in [-0.4, -0.2) is 43.7 Å². The molecule has 3 aromatic rings. The van der Waals surface area contributed by atoms with Crippen LogP contribution < -0.4 is 20.1 Å². The van der Waals surface area contributed by atoms with E-state index in [1.807, 2.05) is 48.1 Å². The molecule has 152 valence electrons. The number of aryl methyl sites for hydroxylation is 1. The first-order valence-corrected chi connectivity index (χ1v) is 9.33. The summed E-state index contributed by atoms with van der Waals surface area (Å²) in [6, 6.07) is 13.1. The van der Waals surface area contributed by atoms with E-state index in [0.29, 0.717) is 30.2 Å². The van der Waals surface area contributed by atoms with Crippen LogP contribution in [0.5, 0.6) is 11.5 Å². The van der Waals surface area contributed by atoms with Crippen molar-refractivity contribution in [2.45, 2.75) is 6.42 Å². The summed E-state index contributed by atoms with van der Waals surface area (Å²) >= 11 is 0. The molecule has 0 aliphatic heterocycles. The van der Waals surface area contributed by atoms with Gasteiger partial charge >= 0.3 is 0 Å². The number of nitrogens with zero attached hydrogens (tertiary/aromatic N) is 1. The molecule has 0 saturated heterocycles. The molecular formula is C22H25N3O4. The Morgan fingerprint density at radius 2 is 1.69 bits per heavy atom. The number of benzene rings is 2. The molecule has 0 aliphatic carbocycles. The number of rotatable bonds is 8. The van der Waals surface area contributed by atoms with Gasteiger partial charge in [0.2, 0.25) is 5.91 Å². The number of fused-ring (bicyclic) bond motifs is 1. The van der Waals surface area contributed by atoms with Crippen molar-refractivity contribution in [3.05, 3.63) is 59.8 Å². The first-order valence-electron chi connectivity index (χ1n) is 9.33. The van der Waals surface area contributed by atoms with Crippen molar-refractivity contribution in [3.63, 3.8) is 0 Å². The zero-order chi connectivity index (χ0) is 20.8. The molecule has 2 N–H and O–H groups in total. The molecule has 2 amide bonds. The molecule has 1 aromatic heterocycles. The van der Waals surface area contributed by atoms with Crippen molar-refractivity contribution >= 4 is 22.7 Å². The van der Waals surface area contributed by atoms with Gasteiger partial charge < -0.3 is 24.7 Å². The summed E-state index contributed by atoms with van der Waals surface area (Å²) in [5.41, 5.74) is 2.44. The van der Waals surface area contributed by atoms with E-state index >= 15 is 0 Å². The van der Waals surface area contributed by atoms with E-state index in [-0.39, 0.29) is 18.2 Å². The fourth-order valence-electron chi connectivity index (χ4n) is 3.23. The third-order valence-corrected chi connectivity index (χ3v) is 4.69. The Balaban J connectivity index is 1.49. The van der Waals surface area contributed by atoms with Crippen molar-refractivity contribution in [2.24, 2.45) is 7.05 Å². The zero-order valence-corrected chi connectivity index (χ0v) is 16.8. The highest BCUT2D eigenvalue weighted by atomic mass is 16.5. The van der Waals surface area contributed by atoms with Crippen LogP contribution in [0.15, 0.2) is 48.7 Å². The Kier molecular flexibility index (Phi) is 6.39. The maximum absolute atomic E-state index is 12.5. The van der Waals surface area contributed by atoms with E-state index in [9.17, 15) is 9.59 Å². The minimum absolute atomic E-state index is 0.128. The van der Waals surface area contributed by atoms with E-state index in [2.05, 4.69) is 10.6 Å². The number of carbonyl (C=O) groups is 2. The average molecular weight is 395 g/mol. The van der Waals surface area contributed by atoms with Crippen LogP contribution >= 0.6 is 0 Å². The Labute approximate surface area is 169 Å². The average Bonchev–Trinajstić information content (AvgIpc) is 3.08. The fourth-order valence-corrected chi connectivity index (χ4v) is 3.23. The highest BCUT2D eigenvalue weighted by Gasteiger charge is 2.13. The van der Waals surface area contributed by atoms with Crippen LogP contribution in [0, 0.1) is 0 Å². The van der Waals surface area contributed by atoms with Crippen LogP contribution in [0.25, 0.3) is 10.9 Å². The molecule has 0 fully saturated rings. The zero-order valence-electron chi connectivity index (χ0n) is 16.8. The van der Waals surface area contributed by atoms with Gasteiger partial charge in [0.1, 0.15) is 0 Å². The predicted octanol–water partition coefficient (Wildman–Crippen LogP) is 2.28. The number of amides is 2. The number of carbonyl (C=O) groups excluding carboxylic acids is 2. The summed E-state index contributed by atoms with van der Waals surface area (Å²) in [4.78, 5) is 24.6. The normalized spacial score (nSPS) is 10.6. The minimum atomic E-state index is -0.157. The lowest BCUT2D eigenvalue weighted by Crippen LogP contribution is -2.35. The maximum Gasteiger partial charge on any atom is 0.253 e. The Morgan fingerprint density at radius 1 is 0.966 bits per heavy atom. The molecule has 0 spiro atoms. The predicted molar refractivity (Wildman–Crippen MR) is 112 cm³/mol. The van der Waals surface area contributed by atoms with E-state index in [1.54, 1.807) is 26.4 Å². The van der Waals surface area contributed by atoms with Crippen molar-refractivity contribution in [3.8, 4) is 11.5 Å². The van der Waals surface area contributed by atoms with Crippen LogP contribution in [0.3, 0.4) is 0 Å². The van der Waals surface area contributed by atoms with Crippen molar-refractivity contribution in [1.82, 2.24) is 15.2 Å². The van der Waals surface area contributed by atoms with Crippen LogP contribution in [0.4, 0.5) is 0 Å². The van der Waals surface area contributed by atoms with E-state index < -0.39 is 0 Å². The van der Waals surface area contributed by atoms with Gasteiger partial charge in [-0.1, -0.05) is 24.3 Å². The molecule has 0 radical (unpaired) electrons. The van der Waals surface area contributed by atoms with Crippen LogP contribution in [-0.2, 0) is 18.3 Å². The highest BCUT2D eigenvalue weighted by molar-refractivity contribution is 6.06. The lowest BCUT2D eigenvalue weighted by molar-refractivity contribution is -0.120. The molecule has 0 aliphatic rings. The first kappa shape index (κ1) is 20.3. The van der Waals surface area contributed by atoms with Crippen molar-refractivity contribution in [1.29, 1.82) is 0 Å². The van der Waals surface area contributed by atoms with Gasteiger partial charge in [0.15, 0.2) is 11.5 Å². The summed E-state index contributed by atoms with van der Waals surface area (Å²) in [6.07, 6.45) is 2.03. The molecule has 0 bridgehead atoms. The second-order valence-electron chi connectivity index (χ2n) is 6.64. The fraction of sp³-hybridized carbons (Fsp3) is 0.273. The second-order valence-corrected chi connectivity index (χ2v) is 6.64. The SMILES string of the molecule is COc1ccc(CC(=O)NCCNC(=O)c2cn(C)c3ccccc23)cc1OC. The smallest absolute Gasteiger partial charge is 0.253 e. The first-order chi connectivity index (χ1) is 14.0. The lowest BCUT2D eigenvalue weighted by Gasteiger charge is -2.10. The molecule has 7 nitrogen and oxygen atoms in total. The maximum atomic E-state index is 12.5. The van der Waals surface area contributed by atoms with E-state index in [4.69, 9.17) is 9.47 Å².